The van der Waals surface area contributed by atoms with Crippen LogP contribution in [0.25, 0.3) is 0 Å². The van der Waals surface area contributed by atoms with Crippen LogP contribution in [0, 0.1) is 12.7 Å². The molecule has 3 nitrogen and oxygen atoms in total. The highest BCUT2D eigenvalue weighted by atomic mass is 32.1. The molecule has 5 heteroatoms. The molecule has 1 heterocycles. The van der Waals surface area contributed by atoms with Crippen LogP contribution in [-0.2, 0) is 6.42 Å². The van der Waals surface area contributed by atoms with Crippen molar-refractivity contribution in [2.45, 2.75) is 59.4 Å². The fraction of sp³-hybridized carbons (Fsp3) is 0.500. The summed E-state index contributed by atoms with van der Waals surface area (Å²) in [4.78, 5) is 20.2. The van der Waals surface area contributed by atoms with Gasteiger partial charge >= 0.3 is 0 Å². The number of hydrogen-bond donors (Lipinski definition) is 0. The predicted octanol–water partition coefficient (Wildman–Crippen LogP) is 5.22. The number of halogens is 1. The topological polar surface area (TPSA) is 33.2 Å². The Morgan fingerprint density at radius 1 is 1.24 bits per heavy atom. The maximum Gasteiger partial charge on any atom is 0.266 e. The predicted molar refractivity (Wildman–Crippen MR) is 102 cm³/mol. The van der Waals surface area contributed by atoms with Crippen LogP contribution in [0.5, 0.6) is 0 Å². The van der Waals surface area contributed by atoms with Crippen LogP contribution in [0.4, 0.5) is 4.39 Å². The molecule has 0 aliphatic rings. The highest BCUT2D eigenvalue weighted by molar-refractivity contribution is 7.13. The lowest BCUT2D eigenvalue weighted by atomic mass is 10.1. The van der Waals surface area contributed by atoms with Gasteiger partial charge in [0.15, 0.2) is 0 Å². The number of aryl methyl sites for hydroxylation is 1. The largest absolute Gasteiger partial charge is 0.335 e. The molecule has 0 N–H and O–H groups in total. The summed E-state index contributed by atoms with van der Waals surface area (Å²) in [6.07, 6.45) is 3.92. The Kier molecular flexibility index (Phi) is 7.12. The second-order valence-corrected chi connectivity index (χ2v) is 7.71. The standard InChI is InChI=1S/C20H27FN2OS/c1-5-6-7-12-23(14(2)3)20(24)19-15(4)22-18(25-19)13-16-8-10-17(21)11-9-16/h8-11,14H,5-7,12-13H2,1-4H3. The molecule has 0 saturated heterocycles. The van der Waals surface area contributed by atoms with Gasteiger partial charge in [0, 0.05) is 19.0 Å². The highest BCUT2D eigenvalue weighted by Crippen LogP contribution is 2.23. The Balaban J connectivity index is 2.13. The van der Waals surface area contributed by atoms with Crippen molar-refractivity contribution in [3.05, 3.63) is 51.2 Å². The zero-order valence-electron chi connectivity index (χ0n) is 15.5. The number of thiazole rings is 1. The Morgan fingerprint density at radius 2 is 1.92 bits per heavy atom. The van der Waals surface area contributed by atoms with Gasteiger partial charge in [-0.05, 0) is 44.9 Å². The summed E-state index contributed by atoms with van der Waals surface area (Å²) in [5.41, 5.74) is 1.78. The summed E-state index contributed by atoms with van der Waals surface area (Å²) in [6, 6.07) is 6.61. The fourth-order valence-electron chi connectivity index (χ4n) is 2.76. The molecular formula is C20H27FN2OS. The summed E-state index contributed by atoms with van der Waals surface area (Å²) in [7, 11) is 0. The van der Waals surface area contributed by atoms with E-state index in [9.17, 15) is 9.18 Å². The van der Waals surface area contributed by atoms with E-state index in [1.54, 1.807) is 12.1 Å². The number of unbranched alkanes of at least 4 members (excludes halogenated alkanes) is 2. The normalized spacial score (nSPS) is 11.1. The number of amides is 1. The van der Waals surface area contributed by atoms with E-state index in [1.165, 1.54) is 23.5 Å². The zero-order chi connectivity index (χ0) is 18.4. The third kappa shape index (κ3) is 5.36. The van der Waals surface area contributed by atoms with E-state index in [0.717, 1.165) is 46.9 Å². The smallest absolute Gasteiger partial charge is 0.266 e. The quantitative estimate of drug-likeness (QED) is 0.603. The highest BCUT2D eigenvalue weighted by Gasteiger charge is 2.23. The molecule has 0 atom stereocenters. The SMILES string of the molecule is CCCCCN(C(=O)c1sc(Cc2ccc(F)cc2)nc1C)C(C)C. The fourth-order valence-corrected chi connectivity index (χ4v) is 3.81. The first-order valence-corrected chi connectivity index (χ1v) is 9.75. The first-order valence-electron chi connectivity index (χ1n) is 8.94. The monoisotopic (exact) mass is 362 g/mol. The average molecular weight is 363 g/mol. The maximum absolute atomic E-state index is 13.0. The minimum absolute atomic E-state index is 0.0754. The minimum Gasteiger partial charge on any atom is -0.335 e. The Morgan fingerprint density at radius 3 is 2.52 bits per heavy atom. The Bertz CT molecular complexity index is 694. The number of nitrogens with zero attached hydrogens (tertiary/aromatic N) is 2. The van der Waals surface area contributed by atoms with Crippen LogP contribution in [0.2, 0.25) is 0 Å². The van der Waals surface area contributed by atoms with E-state index in [1.807, 2.05) is 11.8 Å². The van der Waals surface area contributed by atoms with E-state index >= 15 is 0 Å². The lowest BCUT2D eigenvalue weighted by Crippen LogP contribution is -2.37. The summed E-state index contributed by atoms with van der Waals surface area (Å²) < 4.78 is 13.0. The molecule has 0 saturated carbocycles. The number of carbonyl (C=O) groups excluding carboxylic acids is 1. The maximum atomic E-state index is 13.0. The minimum atomic E-state index is -0.241. The van der Waals surface area contributed by atoms with E-state index in [0.29, 0.717) is 6.42 Å². The number of carbonyl (C=O) groups is 1. The van der Waals surface area contributed by atoms with Gasteiger partial charge in [-0.1, -0.05) is 31.9 Å². The van der Waals surface area contributed by atoms with Crippen LogP contribution in [-0.4, -0.2) is 28.4 Å². The summed E-state index contributed by atoms with van der Waals surface area (Å²) in [5.74, 6) is -0.166. The Labute approximate surface area is 153 Å². The van der Waals surface area contributed by atoms with E-state index < -0.39 is 0 Å². The van der Waals surface area contributed by atoms with Gasteiger partial charge in [0.25, 0.3) is 5.91 Å². The van der Waals surface area contributed by atoms with Gasteiger partial charge < -0.3 is 4.90 Å². The molecule has 0 radical (unpaired) electrons. The van der Waals surface area contributed by atoms with Gasteiger partial charge in [0.05, 0.1) is 10.7 Å². The molecule has 0 fully saturated rings. The molecule has 1 aromatic heterocycles. The summed E-state index contributed by atoms with van der Waals surface area (Å²) in [6.45, 7) is 8.95. The molecule has 1 aromatic carbocycles. The number of aromatic nitrogens is 1. The van der Waals surface area contributed by atoms with Crippen LogP contribution in [0.1, 0.15) is 66.0 Å². The first kappa shape index (κ1) is 19.6. The molecule has 0 bridgehead atoms. The van der Waals surface area contributed by atoms with Gasteiger partial charge in [-0.25, -0.2) is 9.37 Å². The number of benzene rings is 1. The molecule has 2 aromatic rings. The lowest BCUT2D eigenvalue weighted by molar-refractivity contribution is 0.0706. The molecule has 136 valence electrons. The van der Waals surface area contributed by atoms with E-state index in [-0.39, 0.29) is 17.8 Å². The molecule has 2 rings (SSSR count). The van der Waals surface area contributed by atoms with Crippen molar-refractivity contribution < 1.29 is 9.18 Å². The van der Waals surface area contributed by atoms with Crippen LogP contribution in [0.3, 0.4) is 0 Å². The van der Waals surface area contributed by atoms with Crippen molar-refractivity contribution in [3.63, 3.8) is 0 Å². The second kappa shape index (κ2) is 9.09. The third-order valence-corrected chi connectivity index (χ3v) is 5.34. The molecular weight excluding hydrogens is 335 g/mol. The van der Waals surface area contributed by atoms with Crippen molar-refractivity contribution in [3.8, 4) is 0 Å². The van der Waals surface area contributed by atoms with Gasteiger partial charge in [0.1, 0.15) is 10.7 Å². The van der Waals surface area contributed by atoms with Gasteiger partial charge in [-0.2, -0.15) is 0 Å². The lowest BCUT2D eigenvalue weighted by Gasteiger charge is -2.26. The van der Waals surface area contributed by atoms with Crippen LogP contribution >= 0.6 is 11.3 Å². The van der Waals surface area contributed by atoms with Crippen molar-refractivity contribution in [2.24, 2.45) is 0 Å². The molecule has 25 heavy (non-hydrogen) atoms. The number of rotatable bonds is 8. The van der Waals surface area contributed by atoms with Crippen LogP contribution in [0.15, 0.2) is 24.3 Å². The van der Waals surface area contributed by atoms with Crippen molar-refractivity contribution in [2.75, 3.05) is 6.54 Å². The van der Waals surface area contributed by atoms with E-state index in [2.05, 4.69) is 25.8 Å². The first-order chi connectivity index (χ1) is 11.9. The van der Waals surface area contributed by atoms with Crippen LogP contribution < -0.4 is 0 Å². The average Bonchev–Trinajstić information content (AvgIpc) is 2.93. The summed E-state index contributed by atoms with van der Waals surface area (Å²) in [5, 5.41) is 0.893. The molecule has 0 spiro atoms. The van der Waals surface area contributed by atoms with Gasteiger partial charge in [-0.15, -0.1) is 11.3 Å². The van der Waals surface area contributed by atoms with E-state index in [4.69, 9.17) is 0 Å². The molecule has 0 aliphatic carbocycles. The Hall–Kier alpha value is -1.75. The second-order valence-electron chi connectivity index (χ2n) is 6.62. The zero-order valence-corrected chi connectivity index (χ0v) is 16.3. The van der Waals surface area contributed by atoms with Crippen molar-refractivity contribution in [1.82, 2.24) is 9.88 Å². The molecule has 0 aliphatic heterocycles. The van der Waals surface area contributed by atoms with Crippen molar-refractivity contribution in [1.29, 1.82) is 0 Å². The van der Waals surface area contributed by atoms with Gasteiger partial charge in [0.2, 0.25) is 0 Å². The van der Waals surface area contributed by atoms with Crippen molar-refractivity contribution >= 4 is 17.2 Å². The summed E-state index contributed by atoms with van der Waals surface area (Å²) >= 11 is 1.46. The van der Waals surface area contributed by atoms with Gasteiger partial charge in [-0.3, -0.25) is 4.79 Å². The molecule has 0 unspecified atom stereocenters. The third-order valence-electron chi connectivity index (χ3n) is 4.19. The number of hydrogen-bond acceptors (Lipinski definition) is 3. The molecule has 1 amide bonds.